The van der Waals surface area contributed by atoms with Crippen molar-refractivity contribution in [1.82, 2.24) is 5.32 Å². The third kappa shape index (κ3) is 3.22. The van der Waals surface area contributed by atoms with Crippen LogP contribution in [0.2, 0.25) is 0 Å². The van der Waals surface area contributed by atoms with Crippen molar-refractivity contribution in [1.29, 1.82) is 0 Å². The van der Waals surface area contributed by atoms with Gasteiger partial charge in [0.1, 0.15) is 5.82 Å². The van der Waals surface area contributed by atoms with Crippen LogP contribution in [0.3, 0.4) is 0 Å². The molecule has 2 aromatic carbocycles. The molecule has 0 saturated carbocycles. The molecule has 1 unspecified atom stereocenters. The fourth-order valence-corrected chi connectivity index (χ4v) is 2.70. The van der Waals surface area contributed by atoms with Gasteiger partial charge >= 0.3 is 0 Å². The van der Waals surface area contributed by atoms with E-state index in [9.17, 15) is 13.2 Å². The summed E-state index contributed by atoms with van der Waals surface area (Å²) in [6, 6.07) is 8.16. The van der Waals surface area contributed by atoms with Gasteiger partial charge in [0, 0.05) is 10.5 Å². The molecule has 2 aromatic rings. The Balaban J connectivity index is 2.31. The zero-order chi connectivity index (χ0) is 14.7. The summed E-state index contributed by atoms with van der Waals surface area (Å²) in [6.07, 6.45) is 0.268. The van der Waals surface area contributed by atoms with Crippen LogP contribution in [-0.2, 0) is 6.42 Å². The van der Waals surface area contributed by atoms with Crippen molar-refractivity contribution in [3.8, 4) is 0 Å². The maximum atomic E-state index is 13.7. The first kappa shape index (κ1) is 15.1. The first-order valence-corrected chi connectivity index (χ1v) is 6.87. The zero-order valence-corrected chi connectivity index (χ0v) is 12.3. The minimum Gasteiger partial charge on any atom is -0.313 e. The highest BCUT2D eigenvalue weighted by atomic mass is 79.9. The summed E-state index contributed by atoms with van der Waals surface area (Å²) in [5.74, 6) is -2.06. The fourth-order valence-electron chi connectivity index (χ4n) is 2.08. The van der Waals surface area contributed by atoms with E-state index in [2.05, 4.69) is 21.2 Å². The Labute approximate surface area is 123 Å². The number of likely N-dealkylation sites (N-methyl/N-ethyl adjacent to an activating group) is 1. The molecule has 0 fully saturated rings. The van der Waals surface area contributed by atoms with Crippen molar-refractivity contribution in [2.24, 2.45) is 0 Å². The molecule has 2 rings (SSSR count). The van der Waals surface area contributed by atoms with Crippen molar-refractivity contribution in [2.75, 3.05) is 7.05 Å². The predicted molar refractivity (Wildman–Crippen MR) is 76.0 cm³/mol. The summed E-state index contributed by atoms with van der Waals surface area (Å²) in [6.45, 7) is 0. The largest absolute Gasteiger partial charge is 0.313 e. The van der Waals surface area contributed by atoms with Crippen LogP contribution >= 0.6 is 15.9 Å². The number of hydrogen-bond acceptors (Lipinski definition) is 1. The number of hydrogen-bond donors (Lipinski definition) is 1. The van der Waals surface area contributed by atoms with E-state index in [1.807, 2.05) is 0 Å². The van der Waals surface area contributed by atoms with E-state index >= 15 is 0 Å². The maximum absolute atomic E-state index is 13.7. The van der Waals surface area contributed by atoms with Crippen LogP contribution in [0.1, 0.15) is 17.2 Å². The molecule has 1 atom stereocenters. The molecule has 0 aliphatic carbocycles. The Kier molecular flexibility index (Phi) is 4.83. The van der Waals surface area contributed by atoms with Crippen LogP contribution in [0.4, 0.5) is 13.2 Å². The third-order valence-electron chi connectivity index (χ3n) is 3.14. The third-order valence-corrected chi connectivity index (χ3v) is 3.83. The minimum absolute atomic E-state index is 0.249. The lowest BCUT2D eigenvalue weighted by atomic mass is 9.98. The number of nitrogens with one attached hydrogen (secondary N) is 1. The minimum atomic E-state index is -0.865. The number of halogens is 4. The van der Waals surface area contributed by atoms with Gasteiger partial charge in [-0.05, 0) is 42.8 Å². The zero-order valence-electron chi connectivity index (χ0n) is 10.8. The summed E-state index contributed by atoms with van der Waals surface area (Å²) >= 11 is 3.29. The first-order valence-electron chi connectivity index (χ1n) is 6.08. The molecule has 0 aromatic heterocycles. The lowest BCUT2D eigenvalue weighted by Gasteiger charge is -2.19. The second-order valence-electron chi connectivity index (χ2n) is 4.42. The maximum Gasteiger partial charge on any atom is 0.162 e. The molecule has 1 nitrogen and oxygen atoms in total. The van der Waals surface area contributed by atoms with E-state index < -0.39 is 11.6 Å². The molecule has 0 radical (unpaired) electrons. The lowest BCUT2D eigenvalue weighted by molar-refractivity contribution is 0.486. The van der Waals surface area contributed by atoms with Gasteiger partial charge in [-0.15, -0.1) is 0 Å². The van der Waals surface area contributed by atoms with Crippen molar-refractivity contribution < 1.29 is 13.2 Å². The van der Waals surface area contributed by atoms with E-state index in [4.69, 9.17) is 0 Å². The summed E-state index contributed by atoms with van der Waals surface area (Å²) in [5.41, 5.74) is 1.07. The Morgan fingerprint density at radius 1 is 1.15 bits per heavy atom. The smallest absolute Gasteiger partial charge is 0.162 e. The standard InChI is InChI=1S/C15H13BrF3N/c1-20-14(11-6-5-10(17)8-12(11)16)7-9-3-2-4-13(18)15(9)19/h2-6,8,14,20H,7H2,1H3. The molecule has 0 aliphatic heterocycles. The summed E-state index contributed by atoms with van der Waals surface area (Å²) in [7, 11) is 1.72. The van der Waals surface area contributed by atoms with Gasteiger partial charge in [-0.3, -0.25) is 0 Å². The van der Waals surface area contributed by atoms with E-state index in [-0.39, 0.29) is 23.8 Å². The van der Waals surface area contributed by atoms with Gasteiger partial charge in [-0.1, -0.05) is 34.1 Å². The van der Waals surface area contributed by atoms with Gasteiger partial charge in [0.15, 0.2) is 11.6 Å². The molecule has 0 aliphatic rings. The highest BCUT2D eigenvalue weighted by molar-refractivity contribution is 9.10. The molecule has 0 bridgehead atoms. The summed E-state index contributed by atoms with van der Waals surface area (Å²) in [4.78, 5) is 0. The second-order valence-corrected chi connectivity index (χ2v) is 5.28. The average molecular weight is 344 g/mol. The number of rotatable bonds is 4. The lowest BCUT2D eigenvalue weighted by Crippen LogP contribution is -2.20. The van der Waals surface area contributed by atoms with Gasteiger partial charge in [-0.2, -0.15) is 0 Å². The molecular formula is C15H13BrF3N. The van der Waals surface area contributed by atoms with Crippen LogP contribution in [0.5, 0.6) is 0 Å². The average Bonchev–Trinajstić information content (AvgIpc) is 2.41. The normalized spacial score (nSPS) is 12.4. The topological polar surface area (TPSA) is 12.0 Å². The monoisotopic (exact) mass is 343 g/mol. The van der Waals surface area contributed by atoms with Crippen molar-refractivity contribution in [3.05, 3.63) is 69.4 Å². The Morgan fingerprint density at radius 3 is 2.55 bits per heavy atom. The second kappa shape index (κ2) is 6.41. The molecule has 1 N–H and O–H groups in total. The van der Waals surface area contributed by atoms with Crippen LogP contribution in [-0.4, -0.2) is 7.05 Å². The fraction of sp³-hybridized carbons (Fsp3) is 0.200. The van der Waals surface area contributed by atoms with Crippen LogP contribution < -0.4 is 5.32 Å². The summed E-state index contributed by atoms with van der Waals surface area (Å²) < 4.78 is 40.6. The SMILES string of the molecule is CNC(Cc1cccc(F)c1F)c1ccc(F)cc1Br. The molecule has 20 heavy (non-hydrogen) atoms. The van der Waals surface area contributed by atoms with Crippen LogP contribution in [0.15, 0.2) is 40.9 Å². The van der Waals surface area contributed by atoms with Gasteiger partial charge in [0.05, 0.1) is 0 Å². The molecular weight excluding hydrogens is 331 g/mol. The van der Waals surface area contributed by atoms with Crippen molar-refractivity contribution >= 4 is 15.9 Å². The number of benzene rings is 2. The van der Waals surface area contributed by atoms with Crippen LogP contribution in [0, 0.1) is 17.5 Å². The molecule has 0 amide bonds. The Bertz CT molecular complexity index is 616. The molecule has 0 heterocycles. The molecule has 5 heteroatoms. The highest BCUT2D eigenvalue weighted by Gasteiger charge is 2.17. The highest BCUT2D eigenvalue weighted by Crippen LogP contribution is 2.27. The van der Waals surface area contributed by atoms with Gasteiger partial charge < -0.3 is 5.32 Å². The first-order chi connectivity index (χ1) is 9.52. The van der Waals surface area contributed by atoms with E-state index in [0.29, 0.717) is 4.47 Å². The van der Waals surface area contributed by atoms with Crippen molar-refractivity contribution in [3.63, 3.8) is 0 Å². The Morgan fingerprint density at radius 2 is 1.90 bits per heavy atom. The quantitative estimate of drug-likeness (QED) is 0.869. The van der Waals surface area contributed by atoms with E-state index in [0.717, 1.165) is 11.6 Å². The predicted octanol–water partition coefficient (Wildman–Crippen LogP) is 4.37. The molecule has 0 saturated heterocycles. The summed E-state index contributed by atoms with van der Waals surface area (Å²) in [5, 5.41) is 3.03. The van der Waals surface area contributed by atoms with Crippen molar-refractivity contribution in [2.45, 2.75) is 12.5 Å². The van der Waals surface area contributed by atoms with Gasteiger partial charge in [0.25, 0.3) is 0 Å². The van der Waals surface area contributed by atoms with Crippen LogP contribution in [0.25, 0.3) is 0 Å². The molecule has 106 valence electrons. The van der Waals surface area contributed by atoms with Gasteiger partial charge in [-0.25, -0.2) is 13.2 Å². The molecule has 0 spiro atoms. The van der Waals surface area contributed by atoms with E-state index in [1.165, 1.54) is 18.2 Å². The Hall–Kier alpha value is -1.33. The van der Waals surface area contributed by atoms with Gasteiger partial charge in [0.2, 0.25) is 0 Å². The van der Waals surface area contributed by atoms with E-state index in [1.54, 1.807) is 19.2 Å².